The van der Waals surface area contributed by atoms with Crippen molar-refractivity contribution in [3.63, 3.8) is 0 Å². The summed E-state index contributed by atoms with van der Waals surface area (Å²) in [6.45, 7) is 0.533. The minimum atomic E-state index is -4.91. The van der Waals surface area contributed by atoms with Gasteiger partial charge in [-0.05, 0) is 53.6 Å². The van der Waals surface area contributed by atoms with Crippen LogP contribution in [0.3, 0.4) is 0 Å². The summed E-state index contributed by atoms with van der Waals surface area (Å²) >= 11 is 6.06. The van der Waals surface area contributed by atoms with Crippen molar-refractivity contribution in [2.75, 3.05) is 5.32 Å². The number of anilines is 1. The Hall–Kier alpha value is -3.53. The van der Waals surface area contributed by atoms with Gasteiger partial charge in [-0.1, -0.05) is 60.1 Å². The summed E-state index contributed by atoms with van der Waals surface area (Å²) in [5.41, 5.74) is -2.64. The molecule has 0 amide bonds. The standard InChI is InChI=1S/C29H25ClF5N3O/c1-27(31,32)20-14-21(16-22(15-20)29(33,34)35)28(17-19-8-4-2-5-9-19,25-13-12-23(30)18-36-25)38-26(39)37-24-10-6-3-7-11-24/h2-16,18,26,37-39H,17H2,1H3. The lowest BCUT2D eigenvalue weighted by molar-refractivity contribution is -0.137. The molecule has 3 N–H and O–H groups in total. The Morgan fingerprint density at radius 1 is 0.821 bits per heavy atom. The second-order valence-electron chi connectivity index (χ2n) is 9.17. The molecule has 39 heavy (non-hydrogen) atoms. The maximum atomic E-state index is 14.5. The Bertz CT molecular complexity index is 1350. The van der Waals surface area contributed by atoms with Crippen LogP contribution in [-0.2, 0) is 24.1 Å². The molecule has 0 bridgehead atoms. The number of alkyl halides is 5. The smallest absolute Gasteiger partial charge is 0.361 e. The Labute approximate surface area is 227 Å². The molecule has 10 heteroatoms. The number of hydrogen-bond acceptors (Lipinski definition) is 4. The molecule has 2 atom stereocenters. The Morgan fingerprint density at radius 2 is 1.41 bits per heavy atom. The first kappa shape index (κ1) is 28.5. The van der Waals surface area contributed by atoms with Gasteiger partial charge in [-0.3, -0.25) is 10.3 Å². The van der Waals surface area contributed by atoms with Crippen LogP contribution in [-0.4, -0.2) is 16.4 Å². The first-order valence-corrected chi connectivity index (χ1v) is 12.3. The normalized spacial score (nSPS) is 14.5. The molecule has 2 unspecified atom stereocenters. The maximum Gasteiger partial charge on any atom is 0.416 e. The van der Waals surface area contributed by atoms with Crippen molar-refractivity contribution in [2.24, 2.45) is 0 Å². The van der Waals surface area contributed by atoms with Crippen LogP contribution >= 0.6 is 11.6 Å². The van der Waals surface area contributed by atoms with E-state index in [1.807, 2.05) is 0 Å². The highest BCUT2D eigenvalue weighted by Gasteiger charge is 2.42. The van der Waals surface area contributed by atoms with Crippen LogP contribution in [0.2, 0.25) is 5.02 Å². The van der Waals surface area contributed by atoms with Gasteiger partial charge in [0, 0.05) is 30.8 Å². The third-order valence-corrected chi connectivity index (χ3v) is 6.42. The molecule has 0 radical (unpaired) electrons. The molecule has 0 spiro atoms. The first-order valence-electron chi connectivity index (χ1n) is 11.9. The monoisotopic (exact) mass is 561 g/mol. The van der Waals surface area contributed by atoms with Gasteiger partial charge in [0.15, 0.2) is 6.35 Å². The van der Waals surface area contributed by atoms with Crippen LogP contribution < -0.4 is 10.6 Å². The summed E-state index contributed by atoms with van der Waals surface area (Å²) in [7, 11) is 0. The van der Waals surface area contributed by atoms with E-state index in [1.165, 1.54) is 18.3 Å². The van der Waals surface area contributed by atoms with Crippen molar-refractivity contribution in [3.05, 3.63) is 130 Å². The zero-order chi connectivity index (χ0) is 28.3. The third kappa shape index (κ3) is 6.92. The lowest BCUT2D eigenvalue weighted by atomic mass is 9.78. The molecule has 4 nitrogen and oxygen atoms in total. The average Bonchev–Trinajstić information content (AvgIpc) is 2.88. The molecule has 0 fully saturated rings. The fraction of sp³-hybridized carbons (Fsp3) is 0.207. The molecule has 0 aliphatic heterocycles. The predicted octanol–water partition coefficient (Wildman–Crippen LogP) is 7.33. The molecule has 1 heterocycles. The number of pyridine rings is 1. The van der Waals surface area contributed by atoms with E-state index in [1.54, 1.807) is 60.7 Å². The highest BCUT2D eigenvalue weighted by Crippen LogP contribution is 2.41. The molecule has 0 aliphatic rings. The molecule has 1 aromatic heterocycles. The van der Waals surface area contributed by atoms with Crippen molar-refractivity contribution in [2.45, 2.75) is 37.3 Å². The van der Waals surface area contributed by atoms with E-state index in [0.29, 0.717) is 24.2 Å². The van der Waals surface area contributed by atoms with Gasteiger partial charge < -0.3 is 10.4 Å². The molecule has 0 saturated carbocycles. The van der Waals surface area contributed by atoms with Gasteiger partial charge >= 0.3 is 6.18 Å². The highest BCUT2D eigenvalue weighted by molar-refractivity contribution is 6.30. The minimum Gasteiger partial charge on any atom is -0.361 e. The Morgan fingerprint density at radius 3 is 1.97 bits per heavy atom. The van der Waals surface area contributed by atoms with Gasteiger partial charge in [-0.2, -0.15) is 13.2 Å². The number of para-hydroxylation sites is 1. The number of aromatic nitrogens is 1. The summed E-state index contributed by atoms with van der Waals surface area (Å²) in [5.74, 6) is -3.58. The Kier molecular flexibility index (Phi) is 8.25. The van der Waals surface area contributed by atoms with Crippen molar-refractivity contribution in [3.8, 4) is 0 Å². The maximum absolute atomic E-state index is 14.5. The molecule has 4 aromatic rings. The molecule has 204 valence electrons. The zero-order valence-electron chi connectivity index (χ0n) is 20.7. The van der Waals surface area contributed by atoms with E-state index < -0.39 is 35.1 Å². The number of aliphatic hydroxyl groups excluding tert-OH is 1. The third-order valence-electron chi connectivity index (χ3n) is 6.20. The van der Waals surface area contributed by atoms with Crippen LogP contribution in [0.25, 0.3) is 0 Å². The summed E-state index contributed by atoms with van der Waals surface area (Å²) in [4.78, 5) is 4.37. The van der Waals surface area contributed by atoms with E-state index in [-0.39, 0.29) is 22.7 Å². The second-order valence-corrected chi connectivity index (χ2v) is 9.61. The lowest BCUT2D eigenvalue weighted by Gasteiger charge is -2.38. The molecular formula is C29H25ClF5N3O. The van der Waals surface area contributed by atoms with E-state index in [9.17, 15) is 27.1 Å². The Balaban J connectivity index is 1.98. The van der Waals surface area contributed by atoms with Crippen molar-refractivity contribution >= 4 is 17.3 Å². The molecular weight excluding hydrogens is 537 g/mol. The number of nitrogens with one attached hydrogen (secondary N) is 2. The fourth-order valence-electron chi connectivity index (χ4n) is 4.33. The van der Waals surface area contributed by atoms with Gasteiger partial charge in [-0.25, -0.2) is 8.78 Å². The summed E-state index contributed by atoms with van der Waals surface area (Å²) in [6, 6.07) is 22.6. The van der Waals surface area contributed by atoms with Crippen LogP contribution in [0.15, 0.2) is 97.2 Å². The number of hydrogen-bond donors (Lipinski definition) is 3. The van der Waals surface area contributed by atoms with E-state index in [2.05, 4.69) is 15.6 Å². The van der Waals surface area contributed by atoms with E-state index in [0.717, 1.165) is 12.1 Å². The first-order chi connectivity index (χ1) is 18.4. The van der Waals surface area contributed by atoms with Crippen LogP contribution in [0.1, 0.15) is 34.9 Å². The van der Waals surface area contributed by atoms with Crippen molar-refractivity contribution in [1.29, 1.82) is 0 Å². The summed E-state index contributed by atoms with van der Waals surface area (Å²) in [5, 5.41) is 17.2. The lowest BCUT2D eigenvalue weighted by Crippen LogP contribution is -2.53. The number of benzene rings is 3. The van der Waals surface area contributed by atoms with Gasteiger partial charge in [0.1, 0.15) is 0 Å². The number of halogens is 6. The van der Waals surface area contributed by atoms with Gasteiger partial charge in [0.25, 0.3) is 5.92 Å². The minimum absolute atomic E-state index is 0.0496. The molecule has 0 saturated heterocycles. The van der Waals surface area contributed by atoms with Crippen molar-refractivity contribution in [1.82, 2.24) is 10.3 Å². The zero-order valence-corrected chi connectivity index (χ0v) is 21.4. The average molecular weight is 562 g/mol. The van der Waals surface area contributed by atoms with Crippen molar-refractivity contribution < 1.29 is 27.1 Å². The highest BCUT2D eigenvalue weighted by atomic mass is 35.5. The number of aliphatic hydroxyl groups is 1. The number of rotatable bonds is 9. The second kappa shape index (κ2) is 11.3. The SMILES string of the molecule is CC(F)(F)c1cc(C(F)(F)F)cc(C(Cc2ccccc2)(NC(O)Nc2ccccc2)c2ccc(Cl)cn2)c1. The molecule has 4 rings (SSSR count). The van der Waals surface area contributed by atoms with Gasteiger partial charge in [0.05, 0.1) is 21.8 Å². The largest absolute Gasteiger partial charge is 0.416 e. The number of nitrogens with zero attached hydrogens (tertiary/aromatic N) is 1. The quantitative estimate of drug-likeness (QED) is 0.148. The van der Waals surface area contributed by atoms with Gasteiger partial charge in [0.2, 0.25) is 0 Å². The molecule has 0 aliphatic carbocycles. The summed E-state index contributed by atoms with van der Waals surface area (Å²) < 4.78 is 71.1. The summed E-state index contributed by atoms with van der Waals surface area (Å²) in [6.07, 6.45) is -5.19. The van der Waals surface area contributed by atoms with Crippen LogP contribution in [0.5, 0.6) is 0 Å². The fourth-order valence-corrected chi connectivity index (χ4v) is 4.44. The predicted molar refractivity (Wildman–Crippen MR) is 140 cm³/mol. The molecule has 3 aromatic carbocycles. The topological polar surface area (TPSA) is 57.2 Å². The van der Waals surface area contributed by atoms with E-state index >= 15 is 0 Å². The van der Waals surface area contributed by atoms with Crippen LogP contribution in [0, 0.1) is 0 Å². The van der Waals surface area contributed by atoms with Crippen LogP contribution in [0.4, 0.5) is 27.6 Å². The van der Waals surface area contributed by atoms with E-state index in [4.69, 9.17) is 11.6 Å². The van der Waals surface area contributed by atoms with Gasteiger partial charge in [-0.15, -0.1) is 0 Å².